The topological polar surface area (TPSA) is 29.9 Å². The molecule has 0 aliphatic carbocycles. The third kappa shape index (κ3) is 3.04. The van der Waals surface area contributed by atoms with Crippen molar-refractivity contribution in [3.63, 3.8) is 0 Å². The van der Waals surface area contributed by atoms with E-state index in [2.05, 4.69) is 51.4 Å². The number of rotatable bonds is 4. The van der Waals surface area contributed by atoms with Gasteiger partial charge in [-0.1, -0.05) is 30.3 Å². The van der Waals surface area contributed by atoms with Crippen LogP contribution in [0.3, 0.4) is 0 Å². The molecular formula is C16H21N3. The van der Waals surface area contributed by atoms with Gasteiger partial charge in [0.25, 0.3) is 0 Å². The van der Waals surface area contributed by atoms with E-state index in [-0.39, 0.29) is 0 Å². The Morgan fingerprint density at radius 2 is 1.95 bits per heavy atom. The predicted octanol–water partition coefficient (Wildman–Crippen LogP) is 2.59. The van der Waals surface area contributed by atoms with E-state index in [0.717, 1.165) is 26.1 Å². The second-order valence-electron chi connectivity index (χ2n) is 5.27. The zero-order chi connectivity index (χ0) is 12.9. The third-order valence-corrected chi connectivity index (χ3v) is 3.99. The number of hydrogen-bond acceptors (Lipinski definition) is 2. The number of benzene rings is 1. The zero-order valence-corrected chi connectivity index (χ0v) is 11.3. The van der Waals surface area contributed by atoms with Gasteiger partial charge >= 0.3 is 0 Å². The summed E-state index contributed by atoms with van der Waals surface area (Å²) < 4.78 is 2.34. The largest absolute Gasteiger partial charge is 0.334 e. The molecule has 1 aliphatic heterocycles. The van der Waals surface area contributed by atoms with Crippen LogP contribution in [0, 0.1) is 0 Å². The smallest absolute Gasteiger partial charge is 0.0948 e. The molecule has 19 heavy (non-hydrogen) atoms. The van der Waals surface area contributed by atoms with E-state index in [1.54, 1.807) is 0 Å². The number of hydrogen-bond donors (Lipinski definition) is 1. The summed E-state index contributed by atoms with van der Waals surface area (Å²) in [4.78, 5) is 4.35. The van der Waals surface area contributed by atoms with Gasteiger partial charge in [0.15, 0.2) is 0 Å². The van der Waals surface area contributed by atoms with Gasteiger partial charge in [0.1, 0.15) is 0 Å². The zero-order valence-electron chi connectivity index (χ0n) is 11.3. The highest BCUT2D eigenvalue weighted by Crippen LogP contribution is 2.24. The minimum absolute atomic E-state index is 0.680. The molecule has 3 nitrogen and oxygen atoms in total. The van der Waals surface area contributed by atoms with Crippen LogP contribution in [0.5, 0.6) is 0 Å². The lowest BCUT2D eigenvalue weighted by Crippen LogP contribution is -2.27. The molecule has 0 amide bonds. The van der Waals surface area contributed by atoms with E-state index in [0.29, 0.717) is 5.92 Å². The first-order valence-corrected chi connectivity index (χ1v) is 7.18. The maximum atomic E-state index is 4.35. The van der Waals surface area contributed by atoms with Crippen molar-refractivity contribution in [2.45, 2.75) is 31.7 Å². The molecule has 1 aliphatic rings. The standard InChI is InChI=1S/C16H21N3/c1-2-4-14(5-3-1)8-11-19-13-18-12-16(19)15-6-9-17-10-7-15/h1-5,12-13,15,17H,6-11H2. The molecular weight excluding hydrogens is 234 g/mol. The number of nitrogens with one attached hydrogen (secondary N) is 1. The molecule has 3 rings (SSSR count). The van der Waals surface area contributed by atoms with Crippen LogP contribution in [0.25, 0.3) is 0 Å². The fraction of sp³-hybridized carbons (Fsp3) is 0.438. The number of imidazole rings is 1. The Labute approximate surface area is 114 Å². The fourth-order valence-electron chi connectivity index (χ4n) is 2.87. The molecule has 2 aromatic rings. The van der Waals surface area contributed by atoms with Crippen molar-refractivity contribution in [3.8, 4) is 0 Å². The average Bonchev–Trinajstić information content (AvgIpc) is 2.95. The van der Waals surface area contributed by atoms with Crippen LogP contribution >= 0.6 is 0 Å². The van der Waals surface area contributed by atoms with Crippen LogP contribution in [-0.4, -0.2) is 22.6 Å². The average molecular weight is 255 g/mol. The van der Waals surface area contributed by atoms with E-state index in [1.165, 1.54) is 24.1 Å². The monoisotopic (exact) mass is 255 g/mol. The van der Waals surface area contributed by atoms with E-state index in [4.69, 9.17) is 0 Å². The van der Waals surface area contributed by atoms with Gasteiger partial charge < -0.3 is 9.88 Å². The summed E-state index contributed by atoms with van der Waals surface area (Å²) >= 11 is 0. The normalized spacial score (nSPS) is 16.6. The summed E-state index contributed by atoms with van der Waals surface area (Å²) in [6.45, 7) is 3.30. The molecule has 1 fully saturated rings. The van der Waals surface area contributed by atoms with E-state index < -0.39 is 0 Å². The number of aryl methyl sites for hydroxylation is 2. The first kappa shape index (κ1) is 12.4. The van der Waals surface area contributed by atoms with Crippen molar-refractivity contribution >= 4 is 0 Å². The Morgan fingerprint density at radius 1 is 1.16 bits per heavy atom. The van der Waals surface area contributed by atoms with Gasteiger partial charge in [0.2, 0.25) is 0 Å². The lowest BCUT2D eigenvalue weighted by molar-refractivity contribution is 0.438. The van der Waals surface area contributed by atoms with Gasteiger partial charge in [0.05, 0.1) is 6.33 Å². The summed E-state index contributed by atoms with van der Waals surface area (Å²) in [7, 11) is 0. The fourth-order valence-corrected chi connectivity index (χ4v) is 2.87. The van der Waals surface area contributed by atoms with Crippen LogP contribution in [-0.2, 0) is 13.0 Å². The van der Waals surface area contributed by atoms with Gasteiger partial charge in [-0.3, -0.25) is 0 Å². The van der Waals surface area contributed by atoms with Crippen molar-refractivity contribution in [2.24, 2.45) is 0 Å². The molecule has 1 aromatic heterocycles. The first-order valence-electron chi connectivity index (χ1n) is 7.18. The summed E-state index contributed by atoms with van der Waals surface area (Å²) in [5, 5.41) is 3.42. The second-order valence-corrected chi connectivity index (χ2v) is 5.27. The highest BCUT2D eigenvalue weighted by molar-refractivity contribution is 5.15. The van der Waals surface area contributed by atoms with Crippen LogP contribution in [0.15, 0.2) is 42.9 Å². The Balaban J connectivity index is 1.66. The Kier molecular flexibility index (Phi) is 3.94. The minimum Gasteiger partial charge on any atom is -0.334 e. The molecule has 3 heteroatoms. The van der Waals surface area contributed by atoms with Crippen molar-refractivity contribution in [1.82, 2.24) is 14.9 Å². The summed E-state index contributed by atoms with van der Waals surface area (Å²) in [6.07, 6.45) is 7.59. The van der Waals surface area contributed by atoms with Gasteiger partial charge in [-0.2, -0.15) is 0 Å². The van der Waals surface area contributed by atoms with Gasteiger partial charge in [-0.25, -0.2) is 4.98 Å². The van der Waals surface area contributed by atoms with Gasteiger partial charge in [-0.05, 0) is 37.9 Å². The van der Waals surface area contributed by atoms with Crippen LogP contribution in [0.2, 0.25) is 0 Å². The molecule has 0 radical (unpaired) electrons. The quantitative estimate of drug-likeness (QED) is 0.910. The molecule has 0 spiro atoms. The van der Waals surface area contributed by atoms with Gasteiger partial charge in [-0.15, -0.1) is 0 Å². The molecule has 1 N–H and O–H groups in total. The molecule has 1 aromatic carbocycles. The van der Waals surface area contributed by atoms with Crippen LogP contribution in [0.4, 0.5) is 0 Å². The molecule has 0 bridgehead atoms. The van der Waals surface area contributed by atoms with Crippen molar-refractivity contribution in [1.29, 1.82) is 0 Å². The first-order chi connectivity index (χ1) is 9.43. The maximum absolute atomic E-state index is 4.35. The number of piperidine rings is 1. The van der Waals surface area contributed by atoms with Crippen LogP contribution in [0.1, 0.15) is 30.0 Å². The maximum Gasteiger partial charge on any atom is 0.0948 e. The molecule has 0 atom stereocenters. The predicted molar refractivity (Wildman–Crippen MR) is 77.2 cm³/mol. The number of aromatic nitrogens is 2. The van der Waals surface area contributed by atoms with Crippen molar-refractivity contribution < 1.29 is 0 Å². The summed E-state index contributed by atoms with van der Waals surface area (Å²) in [5.74, 6) is 0.680. The SMILES string of the molecule is c1ccc(CCn2cncc2C2CCNCC2)cc1. The molecule has 1 saturated heterocycles. The molecule has 0 saturated carbocycles. The van der Waals surface area contributed by atoms with Crippen molar-refractivity contribution in [3.05, 3.63) is 54.1 Å². The molecule has 100 valence electrons. The lowest BCUT2D eigenvalue weighted by Gasteiger charge is -2.23. The summed E-state index contributed by atoms with van der Waals surface area (Å²) in [5.41, 5.74) is 2.81. The highest BCUT2D eigenvalue weighted by Gasteiger charge is 2.18. The molecule has 0 unspecified atom stereocenters. The third-order valence-electron chi connectivity index (χ3n) is 3.99. The van der Waals surface area contributed by atoms with E-state index >= 15 is 0 Å². The Hall–Kier alpha value is -1.61. The Bertz CT molecular complexity index is 498. The lowest BCUT2D eigenvalue weighted by atomic mass is 9.95. The Morgan fingerprint density at radius 3 is 2.74 bits per heavy atom. The second kappa shape index (κ2) is 6.02. The minimum atomic E-state index is 0.680. The highest BCUT2D eigenvalue weighted by atomic mass is 15.0. The van der Waals surface area contributed by atoms with E-state index in [1.807, 2.05) is 6.33 Å². The summed E-state index contributed by atoms with van der Waals surface area (Å²) in [6, 6.07) is 10.7. The van der Waals surface area contributed by atoms with E-state index in [9.17, 15) is 0 Å². The molecule has 2 heterocycles. The number of nitrogens with zero attached hydrogens (tertiary/aromatic N) is 2. The van der Waals surface area contributed by atoms with Gasteiger partial charge in [0, 0.05) is 24.4 Å². The van der Waals surface area contributed by atoms with Crippen LogP contribution < -0.4 is 5.32 Å². The van der Waals surface area contributed by atoms with Crippen molar-refractivity contribution in [2.75, 3.05) is 13.1 Å².